The highest BCUT2D eigenvalue weighted by Gasteiger charge is 2.39. The van der Waals surface area contributed by atoms with Gasteiger partial charge < -0.3 is 9.47 Å². The number of hydrogen-bond acceptors (Lipinski definition) is 5. The molecular weight excluding hydrogens is 507 g/mol. The molecule has 4 rings (SSSR count). The first kappa shape index (κ1) is 26.8. The molecule has 5 nitrogen and oxygen atoms in total. The topological polar surface area (TPSA) is 71.7 Å². The van der Waals surface area contributed by atoms with Gasteiger partial charge in [-0.05, 0) is 47.4 Å². The molecule has 1 aliphatic heterocycles. The van der Waals surface area contributed by atoms with Crippen molar-refractivity contribution in [2.75, 3.05) is 6.61 Å². The lowest BCUT2D eigenvalue weighted by atomic mass is 9.90. The van der Waals surface area contributed by atoms with Gasteiger partial charge >= 0.3 is 12.3 Å². The van der Waals surface area contributed by atoms with Gasteiger partial charge in [-0.25, -0.2) is 8.78 Å². The zero-order valence-electron chi connectivity index (χ0n) is 19.8. The Morgan fingerprint density at radius 3 is 2.16 bits per heavy atom. The first-order chi connectivity index (χ1) is 18.2. The summed E-state index contributed by atoms with van der Waals surface area (Å²) in [6.45, 7) is 0.0337. The van der Waals surface area contributed by atoms with Crippen LogP contribution in [0, 0.1) is 28.9 Å². The molecule has 1 aliphatic rings. The summed E-state index contributed by atoms with van der Waals surface area (Å²) in [6.07, 6.45) is -4.25. The molecule has 3 aromatic carbocycles. The number of rotatable bonds is 8. The van der Waals surface area contributed by atoms with E-state index in [0.29, 0.717) is 23.1 Å². The minimum Gasteiger partial charge on any atom is -0.465 e. The number of halogens is 5. The van der Waals surface area contributed by atoms with Crippen LogP contribution < -0.4 is 4.74 Å². The van der Waals surface area contributed by atoms with Crippen molar-refractivity contribution >= 4 is 11.7 Å². The number of carbonyl (C=O) groups is 1. The molecule has 0 N–H and O–H groups in total. The summed E-state index contributed by atoms with van der Waals surface area (Å²) in [4.78, 5) is 17.4. The van der Waals surface area contributed by atoms with E-state index in [9.17, 15) is 26.7 Å². The quantitative estimate of drug-likeness (QED) is 0.181. The van der Waals surface area contributed by atoms with Crippen molar-refractivity contribution in [1.29, 1.82) is 5.26 Å². The van der Waals surface area contributed by atoms with Gasteiger partial charge in [0.25, 0.3) is 0 Å². The summed E-state index contributed by atoms with van der Waals surface area (Å²) in [6, 6.07) is 16.8. The summed E-state index contributed by atoms with van der Waals surface area (Å²) < 4.78 is 75.4. The van der Waals surface area contributed by atoms with Crippen LogP contribution in [0.2, 0.25) is 0 Å². The van der Waals surface area contributed by atoms with E-state index in [4.69, 9.17) is 10.00 Å². The maximum absolute atomic E-state index is 14.5. The molecule has 0 aliphatic carbocycles. The lowest BCUT2D eigenvalue weighted by Crippen LogP contribution is -2.22. The fourth-order valence-corrected chi connectivity index (χ4v) is 4.24. The van der Waals surface area contributed by atoms with E-state index < -0.39 is 35.9 Å². The van der Waals surface area contributed by atoms with E-state index in [0.717, 1.165) is 12.1 Å². The minimum atomic E-state index is -4.79. The van der Waals surface area contributed by atoms with Crippen molar-refractivity contribution < 1.29 is 36.2 Å². The summed E-state index contributed by atoms with van der Waals surface area (Å²) in [5.41, 5.74) is 1.72. The normalized spacial score (nSPS) is 17.0. The van der Waals surface area contributed by atoms with Gasteiger partial charge in [0.2, 0.25) is 0 Å². The van der Waals surface area contributed by atoms with Crippen LogP contribution in [0.5, 0.6) is 5.75 Å². The molecule has 0 saturated carbocycles. The molecule has 0 aromatic heterocycles. The molecule has 3 aromatic rings. The third-order valence-corrected chi connectivity index (χ3v) is 5.99. The van der Waals surface area contributed by atoms with Gasteiger partial charge in [0.1, 0.15) is 17.4 Å². The van der Waals surface area contributed by atoms with Gasteiger partial charge in [-0.1, -0.05) is 42.5 Å². The standard InChI is InChI=1S/C28H21F5N2O3/c29-22-4-3-5-23(30)25(22)24-16-21(27(36)37-15-2-1-14-34)26(35-24)19-8-6-17(7-9-19)18-10-12-20(13-11-18)38-28(31,32)33/h3-13,21,26H,1-2,15-16H2/t21-,26?/m0/s1. The molecule has 0 fully saturated rings. The summed E-state index contributed by atoms with van der Waals surface area (Å²) in [5.74, 6) is -3.36. The highest BCUT2D eigenvalue weighted by atomic mass is 19.4. The Morgan fingerprint density at radius 1 is 0.974 bits per heavy atom. The number of carbonyl (C=O) groups excluding carboxylic acids is 1. The summed E-state index contributed by atoms with van der Waals surface area (Å²) in [5, 5.41) is 8.68. The number of nitrogens with zero attached hydrogens (tertiary/aromatic N) is 2. The number of aliphatic imine (C=N–C) groups is 1. The number of ether oxygens (including phenoxy) is 2. The zero-order chi connectivity index (χ0) is 27.3. The first-order valence-corrected chi connectivity index (χ1v) is 11.7. The SMILES string of the molecule is N#CCCCOC(=O)[C@H]1CC(c2c(F)cccc2F)=NC1c1ccc(-c2ccc(OC(F)(F)F)cc2)cc1. The van der Waals surface area contributed by atoms with Crippen LogP contribution in [-0.2, 0) is 9.53 Å². The fraction of sp³-hybridized carbons (Fsp3) is 0.250. The van der Waals surface area contributed by atoms with Crippen molar-refractivity contribution in [3.63, 3.8) is 0 Å². The maximum atomic E-state index is 14.5. The molecule has 0 saturated heterocycles. The molecule has 10 heteroatoms. The van der Waals surface area contributed by atoms with E-state index >= 15 is 0 Å². The fourth-order valence-electron chi connectivity index (χ4n) is 4.24. The Hall–Kier alpha value is -4.26. The number of nitriles is 1. The van der Waals surface area contributed by atoms with Crippen molar-refractivity contribution in [2.24, 2.45) is 10.9 Å². The summed E-state index contributed by atoms with van der Waals surface area (Å²) >= 11 is 0. The van der Waals surface area contributed by atoms with E-state index in [1.807, 2.05) is 6.07 Å². The van der Waals surface area contributed by atoms with Crippen molar-refractivity contribution in [3.8, 4) is 22.9 Å². The molecule has 0 spiro atoms. The third-order valence-electron chi connectivity index (χ3n) is 5.99. The average molecular weight is 528 g/mol. The zero-order valence-corrected chi connectivity index (χ0v) is 19.8. The van der Waals surface area contributed by atoms with Crippen LogP contribution in [0.25, 0.3) is 11.1 Å². The average Bonchev–Trinajstić information content (AvgIpc) is 3.31. The van der Waals surface area contributed by atoms with Crippen LogP contribution >= 0.6 is 0 Å². The van der Waals surface area contributed by atoms with Crippen LogP contribution in [0.4, 0.5) is 22.0 Å². The second kappa shape index (κ2) is 11.4. The molecule has 2 atom stereocenters. The van der Waals surface area contributed by atoms with Crippen LogP contribution in [0.3, 0.4) is 0 Å². The number of benzene rings is 3. The minimum absolute atomic E-state index is 0.0337. The predicted octanol–water partition coefficient (Wildman–Crippen LogP) is 6.93. The van der Waals surface area contributed by atoms with Crippen molar-refractivity contribution in [1.82, 2.24) is 0 Å². The smallest absolute Gasteiger partial charge is 0.465 e. The molecule has 0 amide bonds. The maximum Gasteiger partial charge on any atom is 0.573 e. The highest BCUT2D eigenvalue weighted by molar-refractivity contribution is 6.04. The number of alkyl halides is 3. The van der Waals surface area contributed by atoms with Crippen LogP contribution in [0.15, 0.2) is 71.7 Å². The Morgan fingerprint density at radius 2 is 1.58 bits per heavy atom. The second-order valence-electron chi connectivity index (χ2n) is 8.55. The number of esters is 1. The second-order valence-corrected chi connectivity index (χ2v) is 8.55. The largest absolute Gasteiger partial charge is 0.573 e. The van der Waals surface area contributed by atoms with E-state index in [-0.39, 0.29) is 36.5 Å². The Bertz CT molecular complexity index is 1340. The molecule has 0 radical (unpaired) electrons. The third kappa shape index (κ3) is 6.35. The van der Waals surface area contributed by atoms with E-state index in [2.05, 4.69) is 9.73 Å². The van der Waals surface area contributed by atoms with Gasteiger partial charge in [-0.3, -0.25) is 9.79 Å². The Balaban J connectivity index is 1.59. The van der Waals surface area contributed by atoms with Crippen LogP contribution in [-0.4, -0.2) is 24.7 Å². The van der Waals surface area contributed by atoms with Gasteiger partial charge in [-0.2, -0.15) is 5.26 Å². The van der Waals surface area contributed by atoms with Crippen LogP contribution in [0.1, 0.15) is 36.4 Å². The molecular formula is C28H21F5N2O3. The highest BCUT2D eigenvalue weighted by Crippen LogP contribution is 2.39. The number of hydrogen-bond donors (Lipinski definition) is 0. The Labute approximate surface area is 215 Å². The van der Waals surface area contributed by atoms with Crippen molar-refractivity contribution in [2.45, 2.75) is 31.7 Å². The van der Waals surface area contributed by atoms with Gasteiger partial charge in [0.15, 0.2) is 0 Å². The van der Waals surface area contributed by atoms with E-state index in [1.165, 1.54) is 30.3 Å². The molecule has 38 heavy (non-hydrogen) atoms. The molecule has 196 valence electrons. The van der Waals surface area contributed by atoms with Gasteiger partial charge in [0, 0.05) is 18.6 Å². The first-order valence-electron chi connectivity index (χ1n) is 11.7. The lowest BCUT2D eigenvalue weighted by Gasteiger charge is -2.17. The molecule has 1 heterocycles. The van der Waals surface area contributed by atoms with Crippen molar-refractivity contribution in [3.05, 3.63) is 89.5 Å². The predicted molar refractivity (Wildman–Crippen MR) is 128 cm³/mol. The lowest BCUT2D eigenvalue weighted by molar-refractivity contribution is -0.274. The summed E-state index contributed by atoms with van der Waals surface area (Å²) in [7, 11) is 0. The number of unbranched alkanes of at least 4 members (excludes halogenated alkanes) is 1. The Kier molecular flexibility index (Phi) is 8.05. The van der Waals surface area contributed by atoms with Gasteiger partial charge in [-0.15, -0.1) is 13.2 Å². The molecule has 1 unspecified atom stereocenters. The van der Waals surface area contributed by atoms with E-state index in [1.54, 1.807) is 24.3 Å². The monoisotopic (exact) mass is 528 g/mol. The molecule has 0 bridgehead atoms. The van der Waals surface area contributed by atoms with Gasteiger partial charge in [0.05, 0.1) is 30.2 Å².